The molecule has 6 nitrogen and oxygen atoms in total. The predicted octanol–water partition coefficient (Wildman–Crippen LogP) is 3.32. The van der Waals surface area contributed by atoms with Gasteiger partial charge < -0.3 is 14.8 Å². The fourth-order valence-corrected chi connectivity index (χ4v) is 3.68. The van der Waals surface area contributed by atoms with E-state index in [0.29, 0.717) is 6.54 Å². The van der Waals surface area contributed by atoms with Crippen LogP contribution in [0.5, 0.6) is 0 Å². The van der Waals surface area contributed by atoms with Gasteiger partial charge in [0.15, 0.2) is 11.8 Å². The molecule has 0 bridgehead atoms. The third-order valence-corrected chi connectivity index (χ3v) is 5.65. The second-order valence-corrected chi connectivity index (χ2v) is 7.76. The van der Waals surface area contributed by atoms with Crippen LogP contribution in [-0.2, 0) is 20.0 Å². The summed E-state index contributed by atoms with van der Waals surface area (Å²) in [4.78, 5) is 7.30. The van der Waals surface area contributed by atoms with Gasteiger partial charge in [-0.2, -0.15) is 0 Å². The van der Waals surface area contributed by atoms with Gasteiger partial charge >= 0.3 is 0 Å². The smallest absolute Gasteiger partial charge is 0.194 e. The lowest BCUT2D eigenvalue weighted by Crippen LogP contribution is -2.46. The standard InChI is InChI=1S/C22H34N6/c1-4-5-13-23-22(24-17-21-26-25-18(2)27(21)3)28-14-11-20(12-15-28)16-19-9-7-6-8-10-19/h6-10,20H,4-5,11-17H2,1-3H3,(H,23,24). The van der Waals surface area contributed by atoms with E-state index in [4.69, 9.17) is 4.99 Å². The molecular formula is C22H34N6. The van der Waals surface area contributed by atoms with Crippen LogP contribution >= 0.6 is 0 Å². The third-order valence-electron chi connectivity index (χ3n) is 5.65. The van der Waals surface area contributed by atoms with Gasteiger partial charge in [0, 0.05) is 26.7 Å². The number of aromatic nitrogens is 3. The largest absolute Gasteiger partial charge is 0.356 e. The molecule has 0 spiro atoms. The Kier molecular flexibility index (Phi) is 7.46. The van der Waals surface area contributed by atoms with Gasteiger partial charge in [0.25, 0.3) is 0 Å². The van der Waals surface area contributed by atoms with Gasteiger partial charge in [0.2, 0.25) is 0 Å². The van der Waals surface area contributed by atoms with Crippen LogP contribution in [0, 0.1) is 12.8 Å². The zero-order valence-corrected chi connectivity index (χ0v) is 17.6. The molecule has 2 heterocycles. The van der Waals surface area contributed by atoms with Gasteiger partial charge in [-0.05, 0) is 44.1 Å². The first kappa shape index (κ1) is 20.4. The average Bonchev–Trinajstić information content (AvgIpc) is 3.04. The maximum atomic E-state index is 4.88. The number of aryl methyl sites for hydroxylation is 1. The summed E-state index contributed by atoms with van der Waals surface area (Å²) in [6, 6.07) is 10.9. The highest BCUT2D eigenvalue weighted by Crippen LogP contribution is 2.21. The second kappa shape index (κ2) is 10.2. The first-order valence-electron chi connectivity index (χ1n) is 10.6. The van der Waals surface area contributed by atoms with Crippen LogP contribution in [0.15, 0.2) is 35.3 Å². The van der Waals surface area contributed by atoms with Crippen LogP contribution in [0.2, 0.25) is 0 Å². The van der Waals surface area contributed by atoms with Crippen molar-refractivity contribution in [1.29, 1.82) is 0 Å². The van der Waals surface area contributed by atoms with Gasteiger partial charge in [-0.1, -0.05) is 43.7 Å². The molecule has 152 valence electrons. The number of guanidine groups is 1. The van der Waals surface area contributed by atoms with Crippen LogP contribution in [0.3, 0.4) is 0 Å². The second-order valence-electron chi connectivity index (χ2n) is 7.76. The lowest BCUT2D eigenvalue weighted by molar-refractivity contribution is 0.258. The molecule has 3 rings (SSSR count). The molecule has 0 radical (unpaired) electrons. The average molecular weight is 383 g/mol. The molecule has 1 aliphatic rings. The lowest BCUT2D eigenvalue weighted by Gasteiger charge is -2.34. The normalized spacial score (nSPS) is 15.8. The van der Waals surface area contributed by atoms with Gasteiger partial charge in [0.1, 0.15) is 12.4 Å². The number of aliphatic imine (C=N–C) groups is 1. The molecule has 2 aromatic rings. The third kappa shape index (κ3) is 5.57. The Bertz CT molecular complexity index is 744. The number of benzene rings is 1. The molecule has 1 N–H and O–H groups in total. The van der Waals surface area contributed by atoms with Crippen LogP contribution in [0.4, 0.5) is 0 Å². The van der Waals surface area contributed by atoms with E-state index in [0.717, 1.165) is 49.6 Å². The van der Waals surface area contributed by atoms with Gasteiger partial charge in [0.05, 0.1) is 0 Å². The minimum Gasteiger partial charge on any atom is -0.356 e. The van der Waals surface area contributed by atoms with E-state index in [1.165, 1.54) is 31.2 Å². The molecule has 1 fully saturated rings. The summed E-state index contributed by atoms with van der Waals surface area (Å²) in [5.41, 5.74) is 1.45. The van der Waals surface area contributed by atoms with Crippen molar-refractivity contribution in [3.8, 4) is 0 Å². The molecule has 0 unspecified atom stereocenters. The molecule has 1 aromatic carbocycles. The van der Waals surface area contributed by atoms with E-state index in [9.17, 15) is 0 Å². The molecule has 0 saturated carbocycles. The highest BCUT2D eigenvalue weighted by Gasteiger charge is 2.22. The van der Waals surface area contributed by atoms with Crippen LogP contribution < -0.4 is 5.32 Å². The molecule has 6 heteroatoms. The highest BCUT2D eigenvalue weighted by molar-refractivity contribution is 5.80. The van der Waals surface area contributed by atoms with Crippen molar-refractivity contribution in [2.24, 2.45) is 18.0 Å². The summed E-state index contributed by atoms with van der Waals surface area (Å²) in [5.74, 6) is 3.61. The van der Waals surface area contributed by atoms with E-state index in [2.05, 4.69) is 57.7 Å². The van der Waals surface area contributed by atoms with Crippen molar-refractivity contribution < 1.29 is 0 Å². The Morgan fingerprint density at radius 3 is 2.57 bits per heavy atom. The maximum absolute atomic E-state index is 4.88. The first-order valence-corrected chi connectivity index (χ1v) is 10.6. The lowest BCUT2D eigenvalue weighted by atomic mass is 9.90. The monoisotopic (exact) mass is 382 g/mol. The predicted molar refractivity (Wildman–Crippen MR) is 114 cm³/mol. The van der Waals surface area contributed by atoms with Crippen LogP contribution in [0.25, 0.3) is 0 Å². The highest BCUT2D eigenvalue weighted by atomic mass is 15.3. The summed E-state index contributed by atoms with van der Waals surface area (Å²) in [6.07, 6.45) is 5.95. The summed E-state index contributed by atoms with van der Waals surface area (Å²) in [5, 5.41) is 12.0. The van der Waals surface area contributed by atoms with Gasteiger partial charge in [-0.25, -0.2) is 4.99 Å². The molecule has 1 saturated heterocycles. The SMILES string of the molecule is CCCCNC(=NCc1nnc(C)n1C)N1CCC(Cc2ccccc2)CC1. The van der Waals surface area contributed by atoms with Crippen molar-refractivity contribution in [3.05, 3.63) is 47.5 Å². The summed E-state index contributed by atoms with van der Waals surface area (Å²) in [7, 11) is 2.00. The number of unbranched alkanes of at least 4 members (excludes halogenated alkanes) is 1. The number of likely N-dealkylation sites (tertiary alicyclic amines) is 1. The van der Waals surface area contributed by atoms with Gasteiger partial charge in [-0.15, -0.1) is 10.2 Å². The molecular weight excluding hydrogens is 348 g/mol. The first-order chi connectivity index (χ1) is 13.7. The van der Waals surface area contributed by atoms with Gasteiger partial charge in [-0.3, -0.25) is 0 Å². The fourth-order valence-electron chi connectivity index (χ4n) is 3.68. The molecule has 0 aliphatic carbocycles. The number of nitrogens with zero attached hydrogens (tertiary/aromatic N) is 5. The van der Waals surface area contributed by atoms with Crippen molar-refractivity contribution in [2.45, 2.75) is 52.5 Å². The van der Waals surface area contributed by atoms with E-state index in [-0.39, 0.29) is 0 Å². The van der Waals surface area contributed by atoms with E-state index in [1.807, 2.05) is 18.5 Å². The number of hydrogen-bond donors (Lipinski definition) is 1. The van der Waals surface area contributed by atoms with Crippen LogP contribution in [-0.4, -0.2) is 45.3 Å². The summed E-state index contributed by atoms with van der Waals surface area (Å²) in [6.45, 7) is 7.85. The Labute approximate surface area is 169 Å². The molecule has 0 amide bonds. The summed E-state index contributed by atoms with van der Waals surface area (Å²) < 4.78 is 2.01. The van der Waals surface area contributed by atoms with E-state index < -0.39 is 0 Å². The van der Waals surface area contributed by atoms with Crippen LogP contribution in [0.1, 0.15) is 49.8 Å². The molecule has 28 heavy (non-hydrogen) atoms. The Hall–Kier alpha value is -2.37. The fraction of sp³-hybridized carbons (Fsp3) is 0.591. The Morgan fingerprint density at radius 2 is 1.93 bits per heavy atom. The van der Waals surface area contributed by atoms with Crippen molar-refractivity contribution >= 4 is 5.96 Å². The topological polar surface area (TPSA) is 58.3 Å². The van der Waals surface area contributed by atoms with Crippen molar-refractivity contribution in [1.82, 2.24) is 25.0 Å². The molecule has 0 atom stereocenters. The molecule has 1 aliphatic heterocycles. The zero-order chi connectivity index (χ0) is 19.8. The Balaban J connectivity index is 1.59. The zero-order valence-electron chi connectivity index (χ0n) is 17.6. The van der Waals surface area contributed by atoms with E-state index in [1.54, 1.807) is 0 Å². The minimum atomic E-state index is 0.565. The quantitative estimate of drug-likeness (QED) is 0.453. The number of piperidine rings is 1. The number of nitrogens with one attached hydrogen (secondary N) is 1. The van der Waals surface area contributed by atoms with E-state index >= 15 is 0 Å². The van der Waals surface area contributed by atoms with Crippen molar-refractivity contribution in [2.75, 3.05) is 19.6 Å². The Morgan fingerprint density at radius 1 is 1.18 bits per heavy atom. The minimum absolute atomic E-state index is 0.565. The molecule has 1 aromatic heterocycles. The maximum Gasteiger partial charge on any atom is 0.194 e. The van der Waals surface area contributed by atoms with Crippen molar-refractivity contribution in [3.63, 3.8) is 0 Å². The number of rotatable bonds is 7. The summed E-state index contributed by atoms with van der Waals surface area (Å²) >= 11 is 0. The number of hydrogen-bond acceptors (Lipinski definition) is 3.